The van der Waals surface area contributed by atoms with E-state index < -0.39 is 11.9 Å². The Morgan fingerprint density at radius 1 is 0.912 bits per heavy atom. The van der Waals surface area contributed by atoms with Crippen LogP contribution in [0.1, 0.15) is 41.7 Å². The molecule has 0 saturated heterocycles. The number of benzene rings is 3. The molecule has 1 N–H and O–H groups in total. The van der Waals surface area contributed by atoms with Gasteiger partial charge in [0.05, 0.1) is 6.42 Å². The van der Waals surface area contributed by atoms with Crippen molar-refractivity contribution in [1.29, 1.82) is 0 Å². The fourth-order valence-electron chi connectivity index (χ4n) is 4.00. The van der Waals surface area contributed by atoms with E-state index in [1.165, 1.54) is 11.0 Å². The molecule has 0 unspecified atom stereocenters. The Hall–Kier alpha value is -3.47. The number of amides is 2. The maximum atomic E-state index is 14.6. The van der Waals surface area contributed by atoms with Gasteiger partial charge in [0, 0.05) is 24.6 Å². The van der Waals surface area contributed by atoms with Crippen LogP contribution in [0.5, 0.6) is 0 Å². The molecule has 0 aliphatic heterocycles. The summed E-state index contributed by atoms with van der Waals surface area (Å²) >= 11 is 0. The SMILES string of the molecule is Cc1ccc(C)c(CC(=O)N(Cc2ccccc2F)[C@H](Cc2ccccc2)C(=O)NC(C)C)c1. The Morgan fingerprint density at radius 3 is 2.26 bits per heavy atom. The zero-order chi connectivity index (χ0) is 24.7. The third-order valence-electron chi connectivity index (χ3n) is 5.85. The molecule has 0 aliphatic carbocycles. The first kappa shape index (κ1) is 25.2. The number of carbonyl (C=O) groups excluding carboxylic acids is 2. The van der Waals surface area contributed by atoms with E-state index in [-0.39, 0.29) is 30.8 Å². The van der Waals surface area contributed by atoms with Crippen molar-refractivity contribution in [3.63, 3.8) is 0 Å². The minimum Gasteiger partial charge on any atom is -0.352 e. The van der Waals surface area contributed by atoms with Crippen molar-refractivity contribution < 1.29 is 14.0 Å². The Bertz CT molecular complexity index is 1130. The van der Waals surface area contributed by atoms with Crippen molar-refractivity contribution in [2.45, 2.75) is 59.2 Å². The first-order chi connectivity index (χ1) is 16.2. The molecule has 34 heavy (non-hydrogen) atoms. The summed E-state index contributed by atoms with van der Waals surface area (Å²) in [5.74, 6) is -0.851. The van der Waals surface area contributed by atoms with E-state index in [0.29, 0.717) is 12.0 Å². The Balaban J connectivity index is 2.01. The van der Waals surface area contributed by atoms with Gasteiger partial charge < -0.3 is 10.2 Å². The monoisotopic (exact) mass is 460 g/mol. The molecule has 3 rings (SSSR count). The first-order valence-electron chi connectivity index (χ1n) is 11.7. The fraction of sp³-hybridized carbons (Fsp3) is 0.310. The van der Waals surface area contributed by atoms with Gasteiger partial charge in [-0.2, -0.15) is 0 Å². The lowest BCUT2D eigenvalue weighted by atomic mass is 9.99. The Labute approximate surface area is 201 Å². The molecule has 0 fully saturated rings. The molecule has 1 atom stereocenters. The van der Waals surface area contributed by atoms with Crippen LogP contribution >= 0.6 is 0 Å². The number of nitrogens with zero attached hydrogens (tertiary/aromatic N) is 1. The molecule has 0 aromatic heterocycles. The van der Waals surface area contributed by atoms with Crippen molar-refractivity contribution in [2.24, 2.45) is 0 Å². The van der Waals surface area contributed by atoms with Gasteiger partial charge in [-0.05, 0) is 50.5 Å². The van der Waals surface area contributed by atoms with Gasteiger partial charge in [-0.25, -0.2) is 4.39 Å². The van der Waals surface area contributed by atoms with Crippen molar-refractivity contribution in [3.8, 4) is 0 Å². The predicted molar refractivity (Wildman–Crippen MR) is 134 cm³/mol. The molecule has 4 nitrogen and oxygen atoms in total. The highest BCUT2D eigenvalue weighted by Crippen LogP contribution is 2.20. The second-order valence-electron chi connectivity index (χ2n) is 9.09. The van der Waals surface area contributed by atoms with Crippen LogP contribution in [0.15, 0.2) is 72.8 Å². The van der Waals surface area contributed by atoms with Crippen LogP contribution in [-0.2, 0) is 29.0 Å². The maximum Gasteiger partial charge on any atom is 0.243 e. The first-order valence-corrected chi connectivity index (χ1v) is 11.7. The van der Waals surface area contributed by atoms with E-state index in [4.69, 9.17) is 0 Å². The predicted octanol–water partition coefficient (Wildman–Crippen LogP) is 5.15. The van der Waals surface area contributed by atoms with Gasteiger partial charge in [0.2, 0.25) is 11.8 Å². The normalized spacial score (nSPS) is 11.8. The second-order valence-corrected chi connectivity index (χ2v) is 9.09. The van der Waals surface area contributed by atoms with Gasteiger partial charge in [-0.3, -0.25) is 9.59 Å². The van der Waals surface area contributed by atoms with E-state index in [1.54, 1.807) is 18.2 Å². The van der Waals surface area contributed by atoms with Crippen LogP contribution in [0.4, 0.5) is 4.39 Å². The number of hydrogen-bond acceptors (Lipinski definition) is 2. The molecule has 0 bridgehead atoms. The summed E-state index contributed by atoms with van der Waals surface area (Å²) in [7, 11) is 0. The fourth-order valence-corrected chi connectivity index (χ4v) is 4.00. The van der Waals surface area contributed by atoms with Crippen LogP contribution in [0.2, 0.25) is 0 Å². The quantitative estimate of drug-likeness (QED) is 0.480. The largest absolute Gasteiger partial charge is 0.352 e. The number of nitrogens with one attached hydrogen (secondary N) is 1. The topological polar surface area (TPSA) is 49.4 Å². The van der Waals surface area contributed by atoms with Crippen LogP contribution in [0.3, 0.4) is 0 Å². The molecule has 3 aromatic rings. The van der Waals surface area contributed by atoms with Crippen LogP contribution in [0, 0.1) is 19.7 Å². The number of rotatable bonds is 9. The van der Waals surface area contributed by atoms with Gasteiger partial charge in [-0.1, -0.05) is 72.3 Å². The summed E-state index contributed by atoms with van der Waals surface area (Å²) < 4.78 is 14.6. The molecular formula is C29H33FN2O2. The third-order valence-corrected chi connectivity index (χ3v) is 5.85. The summed E-state index contributed by atoms with van der Waals surface area (Å²) in [4.78, 5) is 28.6. The van der Waals surface area contributed by atoms with Crippen molar-refractivity contribution >= 4 is 11.8 Å². The van der Waals surface area contributed by atoms with E-state index >= 15 is 0 Å². The molecule has 0 saturated carbocycles. The lowest BCUT2D eigenvalue weighted by molar-refractivity contribution is -0.141. The zero-order valence-electron chi connectivity index (χ0n) is 20.3. The van der Waals surface area contributed by atoms with E-state index in [2.05, 4.69) is 5.32 Å². The highest BCUT2D eigenvalue weighted by atomic mass is 19.1. The van der Waals surface area contributed by atoms with Gasteiger partial charge in [0.25, 0.3) is 0 Å². The molecule has 0 radical (unpaired) electrons. The van der Waals surface area contributed by atoms with Crippen molar-refractivity contribution in [2.75, 3.05) is 0 Å². The average Bonchev–Trinajstić information content (AvgIpc) is 2.80. The van der Waals surface area contributed by atoms with Crippen molar-refractivity contribution in [3.05, 3.63) is 106 Å². The molecule has 5 heteroatoms. The maximum absolute atomic E-state index is 14.6. The number of aryl methyl sites for hydroxylation is 2. The van der Waals surface area contributed by atoms with Crippen molar-refractivity contribution in [1.82, 2.24) is 10.2 Å². The lowest BCUT2D eigenvalue weighted by Gasteiger charge is -2.32. The molecular weight excluding hydrogens is 427 g/mol. The van der Waals surface area contributed by atoms with E-state index in [1.807, 2.05) is 76.2 Å². The van der Waals surface area contributed by atoms with Crippen LogP contribution < -0.4 is 5.32 Å². The van der Waals surface area contributed by atoms with Crippen LogP contribution in [0.25, 0.3) is 0 Å². The number of halogens is 1. The molecule has 178 valence electrons. The second kappa shape index (κ2) is 11.6. The Morgan fingerprint density at radius 2 is 1.59 bits per heavy atom. The van der Waals surface area contributed by atoms with Gasteiger partial charge in [0.15, 0.2) is 0 Å². The van der Waals surface area contributed by atoms with Gasteiger partial charge in [-0.15, -0.1) is 0 Å². The van der Waals surface area contributed by atoms with Gasteiger partial charge in [0.1, 0.15) is 11.9 Å². The standard InChI is InChI=1S/C29H33FN2O2/c1-20(2)31-29(34)27(17-23-10-6-5-7-11-23)32(19-24-12-8-9-13-26(24)30)28(33)18-25-16-21(3)14-15-22(25)4/h5-16,20,27H,17-19H2,1-4H3,(H,31,34)/t27-/m1/s1. The minimum atomic E-state index is -0.776. The third kappa shape index (κ3) is 6.77. The molecule has 2 amide bonds. The summed E-state index contributed by atoms with van der Waals surface area (Å²) in [6, 6.07) is 21.1. The highest BCUT2D eigenvalue weighted by molar-refractivity contribution is 5.89. The number of hydrogen-bond donors (Lipinski definition) is 1. The lowest BCUT2D eigenvalue weighted by Crippen LogP contribution is -2.52. The smallest absolute Gasteiger partial charge is 0.243 e. The summed E-state index contributed by atoms with van der Waals surface area (Å²) in [5, 5.41) is 2.96. The average molecular weight is 461 g/mol. The number of carbonyl (C=O) groups is 2. The molecule has 0 heterocycles. The van der Waals surface area contributed by atoms with E-state index in [0.717, 1.165) is 22.3 Å². The van der Waals surface area contributed by atoms with E-state index in [9.17, 15) is 14.0 Å². The minimum absolute atomic E-state index is 0.0133. The van der Waals surface area contributed by atoms with Gasteiger partial charge >= 0.3 is 0 Å². The summed E-state index contributed by atoms with van der Waals surface area (Å²) in [5.41, 5.74) is 4.30. The molecule has 0 aliphatic rings. The summed E-state index contributed by atoms with van der Waals surface area (Å²) in [6.07, 6.45) is 0.481. The van der Waals surface area contributed by atoms with Crippen LogP contribution in [-0.4, -0.2) is 28.8 Å². The Kier molecular flexibility index (Phi) is 8.58. The highest BCUT2D eigenvalue weighted by Gasteiger charge is 2.31. The molecule has 0 spiro atoms. The summed E-state index contributed by atoms with van der Waals surface area (Å²) in [6.45, 7) is 7.74. The molecule has 3 aromatic carbocycles. The zero-order valence-corrected chi connectivity index (χ0v) is 20.3.